The van der Waals surface area contributed by atoms with E-state index in [4.69, 9.17) is 0 Å². The maximum Gasteiger partial charge on any atom is 0.252 e. The second-order valence-electron chi connectivity index (χ2n) is 17.0. The van der Waals surface area contributed by atoms with Crippen molar-refractivity contribution in [1.82, 2.24) is 9.13 Å². The van der Waals surface area contributed by atoms with Gasteiger partial charge in [0.15, 0.2) is 0 Å². The Balaban J connectivity index is 1.19. The van der Waals surface area contributed by atoms with Gasteiger partial charge in [-0.25, -0.2) is 0 Å². The van der Waals surface area contributed by atoms with Crippen molar-refractivity contribution < 1.29 is 0 Å². The third kappa shape index (κ3) is 3.73. The highest BCUT2D eigenvalue weighted by Crippen LogP contribution is 2.46. The predicted molar refractivity (Wildman–Crippen MR) is 253 cm³/mol. The van der Waals surface area contributed by atoms with E-state index in [1.807, 2.05) is 12.1 Å². The summed E-state index contributed by atoms with van der Waals surface area (Å²) in [5.74, 6) is 0. The van der Waals surface area contributed by atoms with E-state index in [1.54, 1.807) is 0 Å². The summed E-state index contributed by atoms with van der Waals surface area (Å²) in [6, 6.07) is 64.8. The zero-order valence-corrected chi connectivity index (χ0v) is 32.5. The maximum atomic E-state index is 10.2. The first-order valence-corrected chi connectivity index (χ1v) is 20.8. The van der Waals surface area contributed by atoms with Crippen LogP contribution in [0.4, 0.5) is 0 Å². The number of benzene rings is 11. The summed E-state index contributed by atoms with van der Waals surface area (Å²) in [7, 11) is 0. The summed E-state index contributed by atoms with van der Waals surface area (Å²) in [5.41, 5.74) is 14.3. The molecule has 0 bridgehead atoms. The second kappa shape index (κ2) is 10.8. The third-order valence-corrected chi connectivity index (χ3v) is 14.2. The lowest BCUT2D eigenvalue weighted by Crippen LogP contribution is -2.59. The van der Waals surface area contributed by atoms with E-state index in [0.29, 0.717) is 11.1 Å². The van der Waals surface area contributed by atoms with Crippen LogP contribution in [0, 0.1) is 22.7 Å². The van der Waals surface area contributed by atoms with Crippen LogP contribution < -0.4 is 16.4 Å². The molecule has 0 unspecified atom stereocenters. The lowest BCUT2D eigenvalue weighted by Gasteiger charge is -2.34. The normalized spacial score (nSPS) is 12.9. The molecule has 5 heteroatoms. The number of nitrogens with zero attached hydrogens (tertiary/aromatic N) is 4. The van der Waals surface area contributed by atoms with Crippen molar-refractivity contribution >= 4 is 121 Å². The van der Waals surface area contributed by atoms with E-state index in [1.165, 1.54) is 97.6 Å². The van der Waals surface area contributed by atoms with E-state index < -0.39 is 0 Å². The molecule has 13 aromatic rings. The van der Waals surface area contributed by atoms with E-state index in [9.17, 15) is 10.5 Å². The van der Waals surface area contributed by atoms with Gasteiger partial charge in [0.2, 0.25) is 0 Å². The molecule has 0 amide bonds. The van der Waals surface area contributed by atoms with Crippen LogP contribution in [-0.4, -0.2) is 15.8 Å². The largest absolute Gasteiger partial charge is 0.310 e. The van der Waals surface area contributed by atoms with Gasteiger partial charge in [0.25, 0.3) is 6.71 Å². The van der Waals surface area contributed by atoms with Gasteiger partial charge < -0.3 is 9.13 Å². The monoisotopic (exact) mass is 766 g/mol. The van der Waals surface area contributed by atoms with Crippen molar-refractivity contribution in [2.24, 2.45) is 0 Å². The van der Waals surface area contributed by atoms with Crippen molar-refractivity contribution in [3.8, 4) is 34.6 Å². The molecule has 11 aromatic carbocycles. The van der Waals surface area contributed by atoms with Crippen LogP contribution in [0.25, 0.3) is 120 Å². The molecule has 0 fully saturated rings. The highest BCUT2D eigenvalue weighted by Gasteiger charge is 2.42. The number of hydrogen-bond donors (Lipinski definition) is 0. The molecule has 2 aliphatic rings. The topological polar surface area (TPSA) is 57.4 Å². The summed E-state index contributed by atoms with van der Waals surface area (Å²) >= 11 is 0. The van der Waals surface area contributed by atoms with E-state index in [0.717, 1.165) is 38.7 Å². The Morgan fingerprint density at radius 1 is 0.393 bits per heavy atom. The first-order chi connectivity index (χ1) is 30.2. The Morgan fingerprint density at radius 2 is 0.902 bits per heavy atom. The number of fused-ring (bicyclic) bond motifs is 14. The van der Waals surface area contributed by atoms with Crippen molar-refractivity contribution in [2.45, 2.75) is 0 Å². The van der Waals surface area contributed by atoms with Gasteiger partial charge >= 0.3 is 0 Å². The molecule has 2 aliphatic heterocycles. The minimum absolute atomic E-state index is 0.0842. The molecule has 0 aliphatic carbocycles. The van der Waals surface area contributed by atoms with Gasteiger partial charge in [0.05, 0.1) is 45.3 Å². The SMILES string of the molecule is N#Cc1ccc2c(c1)c1c3ccccc3cc3c1n2-c1cc(-c2ccc4ccc5cccc6ccc2c4c56)cc2c1B3c1cc3ccccc3c3c4cc(C#N)ccc4n-2c13. The Labute approximate surface area is 348 Å². The van der Waals surface area contributed by atoms with Crippen LogP contribution in [0.15, 0.2) is 164 Å². The Morgan fingerprint density at radius 3 is 1.48 bits per heavy atom. The summed E-state index contributed by atoms with van der Waals surface area (Å²) in [6.45, 7) is -0.0842. The van der Waals surface area contributed by atoms with Crippen LogP contribution in [0.3, 0.4) is 0 Å². The second-order valence-corrected chi connectivity index (χ2v) is 17.0. The number of hydrogen-bond acceptors (Lipinski definition) is 2. The summed E-state index contributed by atoms with van der Waals surface area (Å²) in [4.78, 5) is 0. The average molecular weight is 767 g/mol. The van der Waals surface area contributed by atoms with Gasteiger partial charge in [-0.1, -0.05) is 115 Å². The molecule has 4 nitrogen and oxygen atoms in total. The van der Waals surface area contributed by atoms with Crippen LogP contribution in [0.1, 0.15) is 11.1 Å². The minimum atomic E-state index is -0.0842. The van der Waals surface area contributed by atoms with Gasteiger partial charge in [-0.2, -0.15) is 10.5 Å². The summed E-state index contributed by atoms with van der Waals surface area (Å²) in [5, 5.41) is 37.3. The quantitative estimate of drug-likeness (QED) is 0.123. The Kier molecular flexibility index (Phi) is 5.60. The predicted octanol–water partition coefficient (Wildman–Crippen LogP) is 11.6. The van der Waals surface area contributed by atoms with Crippen LogP contribution >= 0.6 is 0 Å². The van der Waals surface area contributed by atoms with E-state index in [-0.39, 0.29) is 6.71 Å². The fourth-order valence-corrected chi connectivity index (χ4v) is 11.8. The zero-order valence-electron chi connectivity index (χ0n) is 32.5. The molecule has 2 aromatic heterocycles. The molecule has 15 rings (SSSR count). The molecule has 274 valence electrons. The Hall–Kier alpha value is -8.38. The number of nitriles is 2. The molecule has 0 saturated carbocycles. The zero-order chi connectivity index (χ0) is 39.8. The van der Waals surface area contributed by atoms with Crippen molar-refractivity contribution in [2.75, 3.05) is 0 Å². The minimum Gasteiger partial charge on any atom is -0.310 e. The van der Waals surface area contributed by atoms with Gasteiger partial charge in [0.1, 0.15) is 0 Å². The average Bonchev–Trinajstić information content (AvgIpc) is 3.84. The molecule has 0 spiro atoms. The van der Waals surface area contributed by atoms with Gasteiger partial charge in [-0.3, -0.25) is 0 Å². The molecule has 0 radical (unpaired) electrons. The lowest BCUT2D eigenvalue weighted by atomic mass is 9.34. The third-order valence-electron chi connectivity index (χ3n) is 14.2. The van der Waals surface area contributed by atoms with Gasteiger partial charge in [-0.05, 0) is 130 Å². The molecule has 61 heavy (non-hydrogen) atoms. The first kappa shape index (κ1) is 31.6. The molecular weight excluding hydrogens is 739 g/mol. The maximum absolute atomic E-state index is 10.2. The molecular formula is C56H27BN4. The molecule has 0 atom stereocenters. The summed E-state index contributed by atoms with van der Waals surface area (Å²) < 4.78 is 5.01. The number of rotatable bonds is 1. The van der Waals surface area contributed by atoms with Crippen molar-refractivity contribution in [3.05, 3.63) is 175 Å². The Bertz CT molecular complexity index is 4110. The van der Waals surface area contributed by atoms with Crippen LogP contribution in [-0.2, 0) is 0 Å². The fourth-order valence-electron chi connectivity index (χ4n) is 11.8. The molecule has 4 heterocycles. The van der Waals surface area contributed by atoms with Gasteiger partial charge in [0, 0.05) is 32.9 Å². The summed E-state index contributed by atoms with van der Waals surface area (Å²) in [6.07, 6.45) is 0. The fraction of sp³-hybridized carbons (Fsp3) is 0. The smallest absolute Gasteiger partial charge is 0.252 e. The van der Waals surface area contributed by atoms with Crippen LogP contribution in [0.5, 0.6) is 0 Å². The number of aromatic nitrogens is 2. The highest BCUT2D eigenvalue weighted by atomic mass is 15.0. The van der Waals surface area contributed by atoms with E-state index >= 15 is 0 Å². The first-order valence-electron chi connectivity index (χ1n) is 20.8. The van der Waals surface area contributed by atoms with E-state index in [2.05, 4.69) is 173 Å². The van der Waals surface area contributed by atoms with Gasteiger partial charge in [-0.15, -0.1) is 0 Å². The lowest BCUT2D eigenvalue weighted by molar-refractivity contribution is 1.14. The molecule has 0 N–H and O–H groups in total. The molecule has 0 saturated heterocycles. The van der Waals surface area contributed by atoms with Crippen LogP contribution in [0.2, 0.25) is 0 Å². The highest BCUT2D eigenvalue weighted by molar-refractivity contribution is 7.00. The van der Waals surface area contributed by atoms with Crippen molar-refractivity contribution in [1.29, 1.82) is 10.5 Å². The standard InChI is InChI=1S/C56H27BN4/c58-28-30-12-20-46-42(22-30)52-39-10-3-1-6-35(39)24-44-55(52)60(46)48-26-37(38-18-16-34-15-14-32-8-5-9-33-17-19-41(38)51(34)50(32)33)27-49-54(48)57(44)45-25-36-7-2-4-11-40(36)53-43-23-31(29-59)13-21-47(43)61(49)56(45)53/h1-27H. The van der Waals surface area contributed by atoms with Crippen molar-refractivity contribution in [3.63, 3.8) is 0 Å².